The molecule has 8 rings (SSSR count). The zero-order chi connectivity index (χ0) is 24.9. The highest BCUT2D eigenvalue weighted by molar-refractivity contribution is 6.20. The van der Waals surface area contributed by atoms with Crippen LogP contribution in [0.2, 0.25) is 0 Å². The van der Waals surface area contributed by atoms with Gasteiger partial charge in [-0.3, -0.25) is 0 Å². The number of aromatic nitrogens is 1. The van der Waals surface area contributed by atoms with Crippen LogP contribution in [-0.4, -0.2) is 4.40 Å². The second-order valence-corrected chi connectivity index (χ2v) is 11.9. The van der Waals surface area contributed by atoms with Crippen LogP contribution in [0.1, 0.15) is 37.6 Å². The third kappa shape index (κ3) is 2.98. The predicted molar refractivity (Wildman–Crippen MR) is 159 cm³/mol. The molecule has 0 radical (unpaired) electrons. The van der Waals surface area contributed by atoms with Crippen LogP contribution < -0.4 is 0 Å². The van der Waals surface area contributed by atoms with E-state index in [1.165, 1.54) is 71.5 Å². The van der Waals surface area contributed by atoms with E-state index in [0.29, 0.717) is 5.92 Å². The summed E-state index contributed by atoms with van der Waals surface area (Å²) in [6, 6.07) is 27.6. The fourth-order valence-corrected chi connectivity index (χ4v) is 6.60. The quantitative estimate of drug-likeness (QED) is 0.223. The fourth-order valence-electron chi connectivity index (χ4n) is 6.60. The van der Waals surface area contributed by atoms with E-state index in [1.807, 2.05) is 0 Å². The molecule has 0 saturated heterocycles. The highest BCUT2D eigenvalue weighted by atomic mass is 14.9. The number of hydrogen-bond acceptors (Lipinski definition) is 0. The minimum Gasteiger partial charge on any atom is -0.312 e. The zero-order valence-corrected chi connectivity index (χ0v) is 21.5. The molecule has 0 amide bonds. The molecular weight excluding hydrogens is 446 g/mol. The summed E-state index contributed by atoms with van der Waals surface area (Å²) in [7, 11) is 0. The third-order valence-corrected chi connectivity index (χ3v) is 8.58. The van der Waals surface area contributed by atoms with Crippen LogP contribution in [0.4, 0.5) is 0 Å². The fraction of sp³-hybridized carbons (Fsp3) is 0.167. The van der Waals surface area contributed by atoms with E-state index < -0.39 is 0 Å². The van der Waals surface area contributed by atoms with Crippen molar-refractivity contribution in [3.63, 3.8) is 0 Å². The van der Waals surface area contributed by atoms with Crippen LogP contribution in [-0.2, 0) is 11.8 Å². The summed E-state index contributed by atoms with van der Waals surface area (Å²) in [5, 5.41) is 6.68. The van der Waals surface area contributed by atoms with Crippen molar-refractivity contribution in [2.75, 3.05) is 0 Å². The number of benzene rings is 4. The molecule has 1 heteroatoms. The van der Waals surface area contributed by atoms with Gasteiger partial charge in [-0.2, -0.15) is 0 Å². The van der Waals surface area contributed by atoms with Gasteiger partial charge in [-0.25, -0.2) is 0 Å². The Bertz CT molecular complexity index is 1970. The van der Waals surface area contributed by atoms with Crippen LogP contribution in [0.15, 0.2) is 103 Å². The molecule has 1 atom stereocenters. The van der Waals surface area contributed by atoms with Gasteiger partial charge in [0, 0.05) is 33.3 Å². The standard InChI is InChI=1S/C36H29N/c1-36(2,3)28-14-12-22(13-15-28)27-18-31-29-16-23-8-4-6-10-25(23)20-33(29)37-34-21-26-11-7-5-9-24(26)17-30(34)32(19-27)35(31)37/h4-20,26H,21H2,1-3H3. The molecule has 2 aliphatic rings. The summed E-state index contributed by atoms with van der Waals surface area (Å²) < 4.78 is 2.58. The highest BCUT2D eigenvalue weighted by Gasteiger charge is 2.28. The molecule has 1 nitrogen and oxygen atoms in total. The molecule has 4 aromatic carbocycles. The SMILES string of the molecule is CC(C)(C)c1ccc(-c2cc3c4c(n5c6cc7ccccc7cc6c(c2)c35)CC2C=CC=CC2=C4)cc1. The molecule has 0 spiro atoms. The normalized spacial score (nSPS) is 17.2. The Morgan fingerprint density at radius 1 is 0.757 bits per heavy atom. The summed E-state index contributed by atoms with van der Waals surface area (Å²) in [5.74, 6) is 0.454. The molecular formula is C36H29N. The lowest BCUT2D eigenvalue weighted by Crippen LogP contribution is -2.12. The Morgan fingerprint density at radius 3 is 2.30 bits per heavy atom. The molecule has 0 N–H and O–H groups in total. The third-order valence-electron chi connectivity index (χ3n) is 8.58. The van der Waals surface area contributed by atoms with Crippen molar-refractivity contribution < 1.29 is 0 Å². The monoisotopic (exact) mass is 475 g/mol. The van der Waals surface area contributed by atoms with Gasteiger partial charge < -0.3 is 4.40 Å². The zero-order valence-electron chi connectivity index (χ0n) is 21.5. The van der Waals surface area contributed by atoms with Gasteiger partial charge in [-0.05, 0) is 75.2 Å². The van der Waals surface area contributed by atoms with Crippen LogP contribution >= 0.6 is 0 Å². The molecule has 2 heterocycles. The van der Waals surface area contributed by atoms with Crippen molar-refractivity contribution >= 4 is 44.0 Å². The molecule has 178 valence electrons. The van der Waals surface area contributed by atoms with Crippen molar-refractivity contribution in [3.05, 3.63) is 119 Å². The largest absolute Gasteiger partial charge is 0.312 e. The second-order valence-electron chi connectivity index (χ2n) is 11.9. The van der Waals surface area contributed by atoms with E-state index in [9.17, 15) is 0 Å². The van der Waals surface area contributed by atoms with E-state index >= 15 is 0 Å². The predicted octanol–water partition coefficient (Wildman–Crippen LogP) is 9.48. The lowest BCUT2D eigenvalue weighted by molar-refractivity contribution is 0.590. The smallest absolute Gasteiger partial charge is 0.0617 e. The van der Waals surface area contributed by atoms with Crippen molar-refractivity contribution in [3.8, 4) is 11.1 Å². The molecule has 0 saturated carbocycles. The lowest BCUT2D eigenvalue weighted by atomic mass is 9.83. The first kappa shape index (κ1) is 21.0. The lowest BCUT2D eigenvalue weighted by Gasteiger charge is -2.22. The maximum Gasteiger partial charge on any atom is 0.0617 e. The average molecular weight is 476 g/mol. The van der Waals surface area contributed by atoms with E-state index in [4.69, 9.17) is 0 Å². The molecule has 0 fully saturated rings. The van der Waals surface area contributed by atoms with Crippen LogP contribution in [0, 0.1) is 5.92 Å². The summed E-state index contributed by atoms with van der Waals surface area (Å²) in [5.41, 5.74) is 11.1. The molecule has 0 bridgehead atoms. The molecule has 1 unspecified atom stereocenters. The molecule has 2 aromatic heterocycles. The van der Waals surface area contributed by atoms with Crippen LogP contribution in [0.5, 0.6) is 0 Å². The Labute approximate surface area is 217 Å². The van der Waals surface area contributed by atoms with E-state index in [0.717, 1.165) is 6.42 Å². The first-order chi connectivity index (χ1) is 18.0. The van der Waals surface area contributed by atoms with E-state index in [1.54, 1.807) is 0 Å². The number of fused-ring (bicyclic) bond motifs is 8. The maximum absolute atomic E-state index is 2.58. The highest BCUT2D eigenvalue weighted by Crippen LogP contribution is 2.45. The van der Waals surface area contributed by atoms with Crippen molar-refractivity contribution in [2.24, 2.45) is 5.92 Å². The molecule has 6 aromatic rings. The van der Waals surface area contributed by atoms with Crippen LogP contribution in [0.25, 0.3) is 55.2 Å². The van der Waals surface area contributed by atoms with Gasteiger partial charge in [-0.1, -0.05) is 93.6 Å². The Hall–Kier alpha value is -4.10. The molecule has 37 heavy (non-hydrogen) atoms. The number of hydrogen-bond donors (Lipinski definition) is 0. The van der Waals surface area contributed by atoms with Crippen molar-refractivity contribution in [1.29, 1.82) is 0 Å². The Balaban J connectivity index is 1.48. The summed E-state index contributed by atoms with van der Waals surface area (Å²) in [4.78, 5) is 0. The Kier molecular flexibility index (Phi) is 4.11. The summed E-state index contributed by atoms with van der Waals surface area (Å²) in [6.07, 6.45) is 12.5. The first-order valence-electron chi connectivity index (χ1n) is 13.4. The Morgan fingerprint density at radius 2 is 1.51 bits per heavy atom. The maximum atomic E-state index is 2.58. The average Bonchev–Trinajstić information content (AvgIpc) is 3.40. The topological polar surface area (TPSA) is 4.41 Å². The summed E-state index contributed by atoms with van der Waals surface area (Å²) in [6.45, 7) is 6.84. The number of rotatable bonds is 1. The van der Waals surface area contributed by atoms with Gasteiger partial charge in [0.2, 0.25) is 0 Å². The first-order valence-corrected chi connectivity index (χ1v) is 13.4. The van der Waals surface area contributed by atoms with Crippen LogP contribution in [0.3, 0.4) is 0 Å². The number of nitrogens with zero attached hydrogens (tertiary/aromatic N) is 1. The van der Waals surface area contributed by atoms with Gasteiger partial charge in [0.25, 0.3) is 0 Å². The summed E-state index contributed by atoms with van der Waals surface area (Å²) >= 11 is 0. The minimum atomic E-state index is 0.150. The van der Waals surface area contributed by atoms with Gasteiger partial charge in [-0.15, -0.1) is 0 Å². The number of allylic oxidation sites excluding steroid dienone is 5. The minimum absolute atomic E-state index is 0.150. The van der Waals surface area contributed by atoms with E-state index in [-0.39, 0.29) is 5.41 Å². The van der Waals surface area contributed by atoms with Gasteiger partial charge in [0.1, 0.15) is 0 Å². The molecule has 0 aliphatic heterocycles. The van der Waals surface area contributed by atoms with Crippen molar-refractivity contribution in [2.45, 2.75) is 32.6 Å². The van der Waals surface area contributed by atoms with Gasteiger partial charge in [0.15, 0.2) is 0 Å². The van der Waals surface area contributed by atoms with E-state index in [2.05, 4.69) is 128 Å². The molecule has 2 aliphatic carbocycles. The van der Waals surface area contributed by atoms with Crippen molar-refractivity contribution in [1.82, 2.24) is 4.40 Å². The van der Waals surface area contributed by atoms with Gasteiger partial charge >= 0.3 is 0 Å². The van der Waals surface area contributed by atoms with Gasteiger partial charge in [0.05, 0.1) is 11.0 Å². The second kappa shape index (κ2) is 7.23.